The molecule has 4 aliphatic carbocycles. The monoisotopic (exact) mass is 507 g/mol. The van der Waals surface area contributed by atoms with Crippen LogP contribution < -0.4 is 0 Å². The average Bonchev–Trinajstić information content (AvgIpc) is 3.39. The fourth-order valence-corrected chi connectivity index (χ4v) is 8.28. The van der Waals surface area contributed by atoms with Gasteiger partial charge < -0.3 is 14.4 Å². The van der Waals surface area contributed by atoms with Gasteiger partial charge in [0.2, 0.25) is 5.12 Å². The second-order valence-electron chi connectivity index (χ2n) is 10.8. The maximum atomic E-state index is 17.3. The van der Waals surface area contributed by atoms with Gasteiger partial charge in [-0.2, -0.15) is 0 Å². The largest absolute Gasteiger partial charge is 0.444 e. The van der Waals surface area contributed by atoms with Crippen LogP contribution in [0.5, 0.6) is 0 Å². The van der Waals surface area contributed by atoms with Gasteiger partial charge in [0.1, 0.15) is 12.4 Å². The molecule has 9 atom stereocenters. The second-order valence-corrected chi connectivity index (χ2v) is 11.2. The van der Waals surface area contributed by atoms with Crippen molar-refractivity contribution in [3.63, 3.8) is 0 Å². The van der Waals surface area contributed by atoms with Crippen molar-refractivity contribution in [2.24, 2.45) is 28.6 Å². The van der Waals surface area contributed by atoms with Gasteiger partial charge >= 0.3 is 5.97 Å². The summed E-state index contributed by atoms with van der Waals surface area (Å²) in [6.45, 7) is 4.89. The highest BCUT2D eigenvalue weighted by Crippen LogP contribution is 2.71. The third-order valence-corrected chi connectivity index (χ3v) is 9.72. The SMILES string of the molecule is CC1C[C@H]2[C@@H]3CC(F)C4=CC(=O)C=C[C@]4(C)C3(F)C(O)C[C@]2(C)C1(OC(=O)c1ccon1)C(=O)S. The molecule has 1 heterocycles. The lowest BCUT2D eigenvalue weighted by Crippen LogP contribution is -2.70. The number of fused-ring (bicyclic) bond motifs is 5. The van der Waals surface area contributed by atoms with E-state index in [9.17, 15) is 19.5 Å². The smallest absolute Gasteiger partial charge is 0.361 e. The van der Waals surface area contributed by atoms with Gasteiger partial charge in [-0.3, -0.25) is 9.59 Å². The molecule has 3 fully saturated rings. The molecule has 0 radical (unpaired) electrons. The minimum Gasteiger partial charge on any atom is -0.444 e. The predicted molar refractivity (Wildman–Crippen MR) is 122 cm³/mol. The lowest BCUT2D eigenvalue weighted by Gasteiger charge is -2.63. The molecular formula is C25H27F2NO6S. The highest BCUT2D eigenvalue weighted by molar-refractivity contribution is 7.96. The summed E-state index contributed by atoms with van der Waals surface area (Å²) < 4.78 is 43.3. The Morgan fingerprint density at radius 2 is 2.00 bits per heavy atom. The van der Waals surface area contributed by atoms with Gasteiger partial charge in [0.25, 0.3) is 0 Å². The van der Waals surface area contributed by atoms with Gasteiger partial charge in [-0.15, -0.1) is 12.6 Å². The molecule has 1 N–H and O–H groups in total. The number of aliphatic hydroxyl groups excluding tert-OH is 1. The van der Waals surface area contributed by atoms with Crippen LogP contribution in [0.25, 0.3) is 0 Å². The Balaban J connectivity index is 1.62. The number of esters is 1. The summed E-state index contributed by atoms with van der Waals surface area (Å²) in [4.78, 5) is 38.0. The van der Waals surface area contributed by atoms with Crippen molar-refractivity contribution < 1.29 is 37.5 Å². The zero-order valence-corrected chi connectivity index (χ0v) is 20.4. The van der Waals surface area contributed by atoms with Crippen LogP contribution in [0, 0.1) is 28.6 Å². The summed E-state index contributed by atoms with van der Waals surface area (Å²) in [5.41, 5.74) is -7.01. The van der Waals surface area contributed by atoms with Crippen LogP contribution in [0.1, 0.15) is 50.5 Å². The maximum absolute atomic E-state index is 17.3. The van der Waals surface area contributed by atoms with E-state index in [0.29, 0.717) is 0 Å². The quantitative estimate of drug-likeness (QED) is 0.476. The molecule has 188 valence electrons. The number of ketones is 1. The molecule has 0 saturated heterocycles. The number of hydrogen-bond acceptors (Lipinski definition) is 7. The Kier molecular flexibility index (Phi) is 5.28. The van der Waals surface area contributed by atoms with Crippen molar-refractivity contribution in [3.8, 4) is 0 Å². The molecule has 10 heteroatoms. The molecule has 0 bridgehead atoms. The first-order valence-electron chi connectivity index (χ1n) is 11.7. The number of carbonyl (C=O) groups is 3. The van der Waals surface area contributed by atoms with Crippen molar-refractivity contribution in [2.45, 2.75) is 63.6 Å². The van der Waals surface area contributed by atoms with E-state index in [1.807, 2.05) is 0 Å². The van der Waals surface area contributed by atoms with E-state index in [2.05, 4.69) is 17.8 Å². The molecule has 0 aliphatic heterocycles. The molecule has 4 aliphatic rings. The van der Waals surface area contributed by atoms with Gasteiger partial charge in [-0.25, -0.2) is 13.6 Å². The number of aliphatic hydroxyl groups is 1. The van der Waals surface area contributed by atoms with Gasteiger partial charge in [0.15, 0.2) is 22.7 Å². The summed E-state index contributed by atoms with van der Waals surface area (Å²) in [6, 6.07) is 1.29. The number of allylic oxidation sites excluding steroid dienone is 4. The van der Waals surface area contributed by atoms with E-state index in [0.717, 1.165) is 6.08 Å². The normalized spacial score (nSPS) is 46.3. The van der Waals surface area contributed by atoms with Crippen LogP contribution in [0.2, 0.25) is 0 Å². The van der Waals surface area contributed by atoms with Crippen molar-refractivity contribution in [3.05, 3.63) is 41.8 Å². The van der Waals surface area contributed by atoms with Crippen LogP contribution in [-0.2, 0) is 14.3 Å². The van der Waals surface area contributed by atoms with Crippen LogP contribution >= 0.6 is 12.6 Å². The fraction of sp³-hybridized carbons (Fsp3) is 0.600. The minimum absolute atomic E-state index is 0.0199. The third-order valence-electron chi connectivity index (χ3n) is 9.39. The van der Waals surface area contributed by atoms with Crippen LogP contribution in [0.15, 0.2) is 40.7 Å². The number of thiol groups is 1. The molecule has 5 unspecified atom stereocenters. The van der Waals surface area contributed by atoms with Crippen molar-refractivity contribution >= 4 is 29.5 Å². The van der Waals surface area contributed by atoms with E-state index >= 15 is 8.78 Å². The van der Waals surface area contributed by atoms with E-state index in [4.69, 9.17) is 9.26 Å². The molecular weight excluding hydrogens is 480 g/mol. The average molecular weight is 508 g/mol. The molecule has 0 aromatic carbocycles. The van der Waals surface area contributed by atoms with Crippen molar-refractivity contribution in [1.29, 1.82) is 0 Å². The zero-order valence-electron chi connectivity index (χ0n) is 19.5. The lowest BCUT2D eigenvalue weighted by atomic mass is 9.44. The highest BCUT2D eigenvalue weighted by atomic mass is 32.1. The van der Waals surface area contributed by atoms with Crippen LogP contribution in [0.4, 0.5) is 8.78 Å². The number of rotatable bonds is 3. The summed E-state index contributed by atoms with van der Waals surface area (Å²) >= 11 is 4.10. The van der Waals surface area contributed by atoms with E-state index < -0.39 is 69.0 Å². The summed E-state index contributed by atoms with van der Waals surface area (Å²) in [7, 11) is 0. The highest BCUT2D eigenvalue weighted by Gasteiger charge is 2.78. The first kappa shape index (κ1) is 24.4. The van der Waals surface area contributed by atoms with Gasteiger partial charge in [0.05, 0.1) is 6.10 Å². The molecule has 35 heavy (non-hydrogen) atoms. The summed E-state index contributed by atoms with van der Waals surface area (Å²) in [5.74, 6) is -3.55. The number of ether oxygens (including phenoxy) is 1. The minimum atomic E-state index is -2.30. The standard InChI is InChI=1S/C25H27F2NO6S/c1-12-8-14-15-10-17(26)16-9-13(29)4-6-22(16,2)24(15,27)19(30)11-23(14,3)25(12,21(32)35)34-20(31)18-5-7-33-28-18/h4-7,9,12,14-15,17,19,30H,8,10-11H2,1-3H3,(H,32,35)/t12?,14-,15-,17?,19?,22-,23-,24?,25?/m0/s1. The van der Waals surface area contributed by atoms with E-state index in [1.165, 1.54) is 31.4 Å². The molecule has 0 amide bonds. The molecule has 1 aromatic rings. The Morgan fingerprint density at radius 1 is 1.29 bits per heavy atom. The van der Waals surface area contributed by atoms with Gasteiger partial charge in [-0.1, -0.05) is 25.1 Å². The Morgan fingerprint density at radius 3 is 2.63 bits per heavy atom. The van der Waals surface area contributed by atoms with E-state index in [1.54, 1.807) is 13.8 Å². The molecule has 7 nitrogen and oxygen atoms in total. The number of hydrogen-bond donors (Lipinski definition) is 2. The molecule has 0 spiro atoms. The van der Waals surface area contributed by atoms with Gasteiger partial charge in [-0.05, 0) is 49.8 Å². The first-order chi connectivity index (χ1) is 16.3. The fourth-order valence-electron chi connectivity index (χ4n) is 7.76. The predicted octanol–water partition coefficient (Wildman–Crippen LogP) is 3.59. The second kappa shape index (κ2) is 7.59. The molecule has 3 saturated carbocycles. The number of halogens is 2. The van der Waals surface area contributed by atoms with Crippen LogP contribution in [0.3, 0.4) is 0 Å². The first-order valence-corrected chi connectivity index (χ1v) is 12.1. The van der Waals surface area contributed by atoms with Gasteiger partial charge in [0, 0.05) is 28.7 Å². The Bertz CT molecular complexity index is 1170. The summed E-state index contributed by atoms with van der Waals surface area (Å²) in [6.07, 6.45) is 1.40. The number of alkyl halides is 2. The maximum Gasteiger partial charge on any atom is 0.361 e. The summed E-state index contributed by atoms with van der Waals surface area (Å²) in [5, 5.41) is 14.3. The zero-order chi connectivity index (χ0) is 25.6. The number of carbonyl (C=O) groups excluding carboxylic acids is 3. The lowest BCUT2D eigenvalue weighted by molar-refractivity contribution is -0.221. The van der Waals surface area contributed by atoms with Crippen LogP contribution in [-0.4, -0.2) is 50.7 Å². The number of nitrogens with zero attached hydrogens (tertiary/aromatic N) is 1. The van der Waals surface area contributed by atoms with E-state index in [-0.39, 0.29) is 30.5 Å². The third kappa shape index (κ3) is 2.86. The van der Waals surface area contributed by atoms with Crippen molar-refractivity contribution in [1.82, 2.24) is 5.16 Å². The molecule has 5 rings (SSSR count). The Hall–Kier alpha value is -2.33. The number of aromatic nitrogens is 1. The Labute approximate surface area is 206 Å². The van der Waals surface area contributed by atoms with Crippen molar-refractivity contribution in [2.75, 3.05) is 0 Å². The molecule has 1 aromatic heterocycles. The topological polar surface area (TPSA) is 107 Å².